The molecule has 1 aromatic carbocycles. The van der Waals surface area contributed by atoms with Gasteiger partial charge >= 0.3 is 6.09 Å². The largest absolute Gasteiger partial charge is 0.444 e. The third-order valence-electron chi connectivity index (χ3n) is 3.68. The van der Waals surface area contributed by atoms with Crippen LogP contribution in [-0.2, 0) is 9.53 Å². The predicted octanol–water partition coefficient (Wildman–Crippen LogP) is 2.11. The van der Waals surface area contributed by atoms with Crippen LogP contribution in [0.1, 0.15) is 33.6 Å². The molecule has 1 aliphatic heterocycles. The number of hydrogen-bond acceptors (Lipinski definition) is 5. The second-order valence-corrected chi connectivity index (χ2v) is 7.11. The van der Waals surface area contributed by atoms with Crippen molar-refractivity contribution in [2.75, 3.05) is 29.9 Å². The summed E-state index contributed by atoms with van der Waals surface area (Å²) in [5, 5.41) is 15.6. The highest BCUT2D eigenvalue weighted by atomic mass is 16.6. The molecule has 1 heterocycles. The van der Waals surface area contributed by atoms with Gasteiger partial charge in [-0.25, -0.2) is 4.79 Å². The number of hydrogen-bond donors (Lipinski definition) is 3. The fourth-order valence-corrected chi connectivity index (χ4v) is 2.50. The molecular weight excluding hydrogens is 322 g/mol. The van der Waals surface area contributed by atoms with Crippen LogP contribution in [0.3, 0.4) is 0 Å². The number of benzene rings is 1. The van der Waals surface area contributed by atoms with Crippen LogP contribution in [0, 0.1) is 0 Å². The van der Waals surface area contributed by atoms with Gasteiger partial charge in [-0.3, -0.25) is 4.79 Å². The van der Waals surface area contributed by atoms with Crippen molar-refractivity contribution in [2.45, 2.75) is 45.3 Å². The van der Waals surface area contributed by atoms with Crippen molar-refractivity contribution in [3.63, 3.8) is 0 Å². The Morgan fingerprint density at radius 3 is 2.52 bits per heavy atom. The van der Waals surface area contributed by atoms with E-state index in [2.05, 4.69) is 10.6 Å². The van der Waals surface area contributed by atoms with E-state index in [1.165, 1.54) is 0 Å². The molecule has 2 rings (SSSR count). The maximum Gasteiger partial charge on any atom is 0.407 e. The summed E-state index contributed by atoms with van der Waals surface area (Å²) >= 11 is 0. The molecule has 1 unspecified atom stereocenters. The maximum absolute atomic E-state index is 11.7. The molecule has 1 aliphatic rings. The molecule has 2 amide bonds. The summed E-state index contributed by atoms with van der Waals surface area (Å²) in [7, 11) is 0. The number of carbonyl (C=O) groups excluding carboxylic acids is 2. The molecule has 1 atom stereocenters. The summed E-state index contributed by atoms with van der Waals surface area (Å²) in [4.78, 5) is 25.0. The minimum absolute atomic E-state index is 0.0995. The minimum Gasteiger partial charge on any atom is -0.444 e. The SMILES string of the molecule is CC(C)(C)OC(=O)NCC(O)CNc1ccc(N2CCCC2=O)cc1. The summed E-state index contributed by atoms with van der Waals surface area (Å²) in [6.45, 7) is 6.50. The van der Waals surface area contributed by atoms with Crippen LogP contribution < -0.4 is 15.5 Å². The first-order valence-electron chi connectivity index (χ1n) is 8.54. The molecule has 0 saturated carbocycles. The van der Waals surface area contributed by atoms with E-state index >= 15 is 0 Å². The van der Waals surface area contributed by atoms with Gasteiger partial charge in [-0.1, -0.05) is 0 Å². The van der Waals surface area contributed by atoms with E-state index in [1.807, 2.05) is 24.3 Å². The van der Waals surface area contributed by atoms with Crippen molar-refractivity contribution in [1.82, 2.24) is 5.32 Å². The van der Waals surface area contributed by atoms with Crippen molar-refractivity contribution in [2.24, 2.45) is 0 Å². The molecule has 0 bridgehead atoms. The molecule has 1 aromatic rings. The second kappa shape index (κ2) is 8.20. The first kappa shape index (κ1) is 19.1. The molecule has 7 heteroatoms. The van der Waals surface area contributed by atoms with Crippen LogP contribution in [0.2, 0.25) is 0 Å². The number of aliphatic hydroxyl groups excluding tert-OH is 1. The fourth-order valence-electron chi connectivity index (χ4n) is 2.50. The van der Waals surface area contributed by atoms with Crippen LogP contribution in [0.15, 0.2) is 24.3 Å². The Kier molecular flexibility index (Phi) is 6.25. The Morgan fingerprint density at radius 2 is 1.96 bits per heavy atom. The minimum atomic E-state index is -0.743. The quantitative estimate of drug-likeness (QED) is 0.732. The van der Waals surface area contributed by atoms with Gasteiger partial charge < -0.3 is 25.4 Å². The number of aliphatic hydroxyl groups is 1. The van der Waals surface area contributed by atoms with Crippen molar-refractivity contribution in [1.29, 1.82) is 0 Å². The Hall–Kier alpha value is -2.28. The molecule has 3 N–H and O–H groups in total. The van der Waals surface area contributed by atoms with Crippen molar-refractivity contribution in [3.05, 3.63) is 24.3 Å². The lowest BCUT2D eigenvalue weighted by Crippen LogP contribution is -2.39. The van der Waals surface area contributed by atoms with E-state index < -0.39 is 17.8 Å². The van der Waals surface area contributed by atoms with E-state index in [0.717, 1.165) is 24.3 Å². The van der Waals surface area contributed by atoms with Gasteiger partial charge in [0.1, 0.15) is 5.60 Å². The third-order valence-corrected chi connectivity index (χ3v) is 3.68. The zero-order valence-corrected chi connectivity index (χ0v) is 15.0. The van der Waals surface area contributed by atoms with Crippen LogP contribution in [-0.4, -0.2) is 48.4 Å². The first-order chi connectivity index (χ1) is 11.7. The number of anilines is 2. The van der Waals surface area contributed by atoms with Crippen molar-refractivity contribution >= 4 is 23.4 Å². The average molecular weight is 349 g/mol. The van der Waals surface area contributed by atoms with Crippen LogP contribution in [0.4, 0.5) is 16.2 Å². The molecule has 138 valence electrons. The van der Waals surface area contributed by atoms with Gasteiger partial charge in [-0.2, -0.15) is 0 Å². The number of amides is 2. The van der Waals surface area contributed by atoms with Gasteiger partial charge in [0.15, 0.2) is 0 Å². The topological polar surface area (TPSA) is 90.9 Å². The average Bonchev–Trinajstić information content (AvgIpc) is 2.96. The summed E-state index contributed by atoms with van der Waals surface area (Å²) in [5.41, 5.74) is 1.16. The molecular formula is C18H27N3O4. The third kappa shape index (κ3) is 6.26. The lowest BCUT2D eigenvalue weighted by atomic mass is 10.2. The maximum atomic E-state index is 11.7. The van der Waals surface area contributed by atoms with Crippen LogP contribution >= 0.6 is 0 Å². The van der Waals surface area contributed by atoms with E-state index in [1.54, 1.807) is 25.7 Å². The Balaban J connectivity index is 1.73. The second-order valence-electron chi connectivity index (χ2n) is 7.11. The van der Waals surface area contributed by atoms with Crippen LogP contribution in [0.25, 0.3) is 0 Å². The van der Waals surface area contributed by atoms with Crippen LogP contribution in [0.5, 0.6) is 0 Å². The number of nitrogens with one attached hydrogen (secondary N) is 2. The van der Waals surface area contributed by atoms with E-state index in [4.69, 9.17) is 4.74 Å². The predicted molar refractivity (Wildman–Crippen MR) is 96.8 cm³/mol. The standard InChI is InChI=1S/C18H27N3O4/c1-18(2,3)25-17(24)20-12-15(22)11-19-13-6-8-14(9-7-13)21-10-4-5-16(21)23/h6-9,15,19,22H,4-5,10-12H2,1-3H3,(H,20,24). The smallest absolute Gasteiger partial charge is 0.407 e. The molecule has 1 saturated heterocycles. The highest BCUT2D eigenvalue weighted by Crippen LogP contribution is 2.22. The lowest BCUT2D eigenvalue weighted by molar-refractivity contribution is -0.117. The summed E-state index contributed by atoms with van der Waals surface area (Å²) in [6, 6.07) is 7.51. The monoisotopic (exact) mass is 349 g/mol. The molecule has 25 heavy (non-hydrogen) atoms. The lowest BCUT2D eigenvalue weighted by Gasteiger charge is -2.21. The van der Waals surface area contributed by atoms with Crippen molar-refractivity contribution in [3.8, 4) is 0 Å². The normalized spacial score (nSPS) is 15.8. The van der Waals surface area contributed by atoms with E-state index in [9.17, 15) is 14.7 Å². The van der Waals surface area contributed by atoms with Gasteiger partial charge in [0.25, 0.3) is 0 Å². The van der Waals surface area contributed by atoms with Gasteiger partial charge in [0, 0.05) is 37.4 Å². The van der Waals surface area contributed by atoms with E-state index in [-0.39, 0.29) is 19.0 Å². The zero-order chi connectivity index (χ0) is 18.4. The molecule has 0 radical (unpaired) electrons. The molecule has 1 fully saturated rings. The Bertz CT molecular complexity index is 595. The molecule has 0 aliphatic carbocycles. The van der Waals surface area contributed by atoms with Gasteiger partial charge in [-0.15, -0.1) is 0 Å². The fraction of sp³-hybridized carbons (Fsp3) is 0.556. The Labute approximate surface area is 148 Å². The number of rotatable bonds is 6. The summed E-state index contributed by atoms with van der Waals surface area (Å²) in [6.07, 6.45) is 0.213. The summed E-state index contributed by atoms with van der Waals surface area (Å²) < 4.78 is 5.11. The van der Waals surface area contributed by atoms with E-state index in [0.29, 0.717) is 6.42 Å². The Morgan fingerprint density at radius 1 is 1.28 bits per heavy atom. The highest BCUT2D eigenvalue weighted by molar-refractivity contribution is 5.95. The first-order valence-corrected chi connectivity index (χ1v) is 8.54. The highest BCUT2D eigenvalue weighted by Gasteiger charge is 2.21. The number of ether oxygens (including phenoxy) is 1. The zero-order valence-electron chi connectivity index (χ0n) is 15.0. The van der Waals surface area contributed by atoms with Gasteiger partial charge in [0.05, 0.1) is 6.10 Å². The molecule has 0 aromatic heterocycles. The number of carbonyl (C=O) groups is 2. The molecule has 0 spiro atoms. The number of nitrogens with zero attached hydrogens (tertiary/aromatic N) is 1. The summed E-state index contributed by atoms with van der Waals surface area (Å²) in [5.74, 6) is 0.157. The van der Waals surface area contributed by atoms with Gasteiger partial charge in [0.2, 0.25) is 5.91 Å². The van der Waals surface area contributed by atoms with Crippen molar-refractivity contribution < 1.29 is 19.4 Å². The number of alkyl carbamates (subject to hydrolysis) is 1. The molecule has 7 nitrogen and oxygen atoms in total. The van der Waals surface area contributed by atoms with Gasteiger partial charge in [-0.05, 0) is 51.5 Å².